The lowest BCUT2D eigenvalue weighted by molar-refractivity contribution is 0.0259. The van der Waals surface area contributed by atoms with Gasteiger partial charge in [0.05, 0.1) is 12.2 Å². The summed E-state index contributed by atoms with van der Waals surface area (Å²) < 4.78 is 6.14. The van der Waals surface area contributed by atoms with Crippen molar-refractivity contribution in [2.75, 3.05) is 20.1 Å². The Morgan fingerprint density at radius 3 is 2.52 bits per heavy atom. The summed E-state index contributed by atoms with van der Waals surface area (Å²) in [4.78, 5) is 2.37. The zero-order chi connectivity index (χ0) is 15.2. The summed E-state index contributed by atoms with van der Waals surface area (Å²) in [6.45, 7) is 9.49. The van der Waals surface area contributed by atoms with E-state index in [1.54, 1.807) is 0 Å². The fraction of sp³-hybridized carbons (Fsp3) is 0.667. The number of nitrogens with one attached hydrogen (secondary N) is 1. The van der Waals surface area contributed by atoms with Gasteiger partial charge < -0.3 is 10.1 Å². The molecule has 3 heteroatoms. The van der Waals surface area contributed by atoms with Gasteiger partial charge >= 0.3 is 0 Å². The van der Waals surface area contributed by atoms with Crippen molar-refractivity contribution in [3.63, 3.8) is 0 Å². The highest BCUT2D eigenvalue weighted by molar-refractivity contribution is 5.21. The molecule has 0 aromatic heterocycles. The van der Waals surface area contributed by atoms with E-state index in [0.29, 0.717) is 18.2 Å². The van der Waals surface area contributed by atoms with Gasteiger partial charge in [-0.1, -0.05) is 43.7 Å². The second kappa shape index (κ2) is 7.92. The average Bonchev–Trinajstić information content (AvgIpc) is 2.86. The minimum Gasteiger partial charge on any atom is -0.372 e. The number of benzene rings is 1. The van der Waals surface area contributed by atoms with Crippen LogP contribution in [0.4, 0.5) is 0 Å². The molecule has 0 aliphatic carbocycles. The Labute approximate surface area is 129 Å². The number of aryl methyl sites for hydroxylation is 1. The Hall–Kier alpha value is -0.900. The van der Waals surface area contributed by atoms with Crippen LogP contribution in [0.2, 0.25) is 0 Å². The van der Waals surface area contributed by atoms with Crippen molar-refractivity contribution in [1.82, 2.24) is 10.2 Å². The van der Waals surface area contributed by atoms with Crippen molar-refractivity contribution in [2.45, 2.75) is 58.4 Å². The Balaban J connectivity index is 1.71. The van der Waals surface area contributed by atoms with Gasteiger partial charge in [0.25, 0.3) is 0 Å². The number of hydrogen-bond acceptors (Lipinski definition) is 3. The van der Waals surface area contributed by atoms with E-state index in [0.717, 1.165) is 19.6 Å². The van der Waals surface area contributed by atoms with Crippen LogP contribution in [0.25, 0.3) is 0 Å². The molecule has 1 saturated heterocycles. The second-order valence-electron chi connectivity index (χ2n) is 6.70. The Morgan fingerprint density at radius 1 is 1.19 bits per heavy atom. The minimum absolute atomic E-state index is 0.388. The van der Waals surface area contributed by atoms with Crippen LogP contribution in [0.1, 0.15) is 37.8 Å². The van der Waals surface area contributed by atoms with E-state index in [-0.39, 0.29) is 0 Å². The fourth-order valence-electron chi connectivity index (χ4n) is 2.85. The van der Waals surface area contributed by atoms with Crippen molar-refractivity contribution in [3.8, 4) is 0 Å². The summed E-state index contributed by atoms with van der Waals surface area (Å²) in [6, 6.07) is 9.34. The summed E-state index contributed by atoms with van der Waals surface area (Å²) in [7, 11) is 2.18. The second-order valence-corrected chi connectivity index (χ2v) is 6.70. The molecule has 1 aromatic carbocycles. The first-order chi connectivity index (χ1) is 10.0. The molecule has 1 heterocycles. The Bertz CT molecular complexity index is 416. The molecule has 1 aliphatic heterocycles. The third-order valence-corrected chi connectivity index (χ3v) is 4.04. The van der Waals surface area contributed by atoms with Gasteiger partial charge in [0.1, 0.15) is 0 Å². The molecular weight excluding hydrogens is 260 g/mol. The normalized spacial score (nSPS) is 22.4. The molecule has 3 nitrogen and oxygen atoms in total. The highest BCUT2D eigenvalue weighted by Gasteiger charge is 2.25. The van der Waals surface area contributed by atoms with E-state index < -0.39 is 0 Å². The SMILES string of the molecule is Cc1ccc(CN(C)CC2CCC(CNC(C)C)O2)cc1. The molecule has 2 atom stereocenters. The fourth-order valence-corrected chi connectivity index (χ4v) is 2.85. The van der Waals surface area contributed by atoms with Crippen LogP contribution in [0.3, 0.4) is 0 Å². The molecular formula is C18H30N2O. The lowest BCUT2D eigenvalue weighted by atomic mass is 10.1. The quantitative estimate of drug-likeness (QED) is 0.835. The van der Waals surface area contributed by atoms with Crippen molar-refractivity contribution in [2.24, 2.45) is 0 Å². The number of rotatable bonds is 7. The predicted octanol–water partition coefficient (Wildman–Crippen LogP) is 2.97. The van der Waals surface area contributed by atoms with E-state index in [4.69, 9.17) is 4.74 Å². The van der Waals surface area contributed by atoms with Crippen LogP contribution >= 0.6 is 0 Å². The van der Waals surface area contributed by atoms with Gasteiger partial charge in [-0.2, -0.15) is 0 Å². The summed E-state index contributed by atoms with van der Waals surface area (Å²) in [5.41, 5.74) is 2.69. The van der Waals surface area contributed by atoms with Crippen molar-refractivity contribution < 1.29 is 4.74 Å². The predicted molar refractivity (Wildman–Crippen MR) is 88.5 cm³/mol. The first kappa shape index (κ1) is 16.5. The molecule has 1 aliphatic rings. The van der Waals surface area contributed by atoms with Crippen molar-refractivity contribution in [3.05, 3.63) is 35.4 Å². The third kappa shape index (κ3) is 5.77. The van der Waals surface area contributed by atoms with Crippen LogP contribution in [-0.4, -0.2) is 43.3 Å². The van der Waals surface area contributed by atoms with Gasteiger partial charge in [-0.25, -0.2) is 0 Å². The summed E-state index contributed by atoms with van der Waals surface area (Å²) in [6.07, 6.45) is 3.15. The molecule has 0 bridgehead atoms. The smallest absolute Gasteiger partial charge is 0.0707 e. The average molecular weight is 290 g/mol. The topological polar surface area (TPSA) is 24.5 Å². The van der Waals surface area contributed by atoms with Gasteiger partial charge in [-0.15, -0.1) is 0 Å². The molecule has 0 saturated carbocycles. The van der Waals surface area contributed by atoms with Crippen molar-refractivity contribution >= 4 is 0 Å². The lowest BCUT2D eigenvalue weighted by Crippen LogP contribution is -2.34. The monoisotopic (exact) mass is 290 g/mol. The zero-order valence-electron chi connectivity index (χ0n) is 13.9. The molecule has 1 fully saturated rings. The molecule has 2 unspecified atom stereocenters. The number of nitrogens with zero attached hydrogens (tertiary/aromatic N) is 1. The maximum atomic E-state index is 6.14. The molecule has 1 N–H and O–H groups in total. The van der Waals surface area contributed by atoms with Gasteiger partial charge in [-0.3, -0.25) is 4.90 Å². The molecule has 2 rings (SSSR count). The zero-order valence-corrected chi connectivity index (χ0v) is 13.9. The Morgan fingerprint density at radius 2 is 1.86 bits per heavy atom. The highest BCUT2D eigenvalue weighted by atomic mass is 16.5. The molecule has 118 valence electrons. The van der Waals surface area contributed by atoms with Crippen LogP contribution in [0, 0.1) is 6.92 Å². The summed E-state index contributed by atoms with van der Waals surface area (Å²) >= 11 is 0. The first-order valence-corrected chi connectivity index (χ1v) is 8.16. The molecule has 1 aromatic rings. The Kier molecular flexibility index (Phi) is 6.22. The van der Waals surface area contributed by atoms with Crippen LogP contribution in [0.15, 0.2) is 24.3 Å². The standard InChI is InChI=1S/C18H30N2O/c1-14(2)19-11-17-9-10-18(21-17)13-20(4)12-16-7-5-15(3)6-8-16/h5-8,14,17-19H,9-13H2,1-4H3. The van der Waals surface area contributed by atoms with Gasteiger partial charge in [-0.05, 0) is 32.4 Å². The van der Waals surface area contributed by atoms with E-state index in [2.05, 4.69) is 62.3 Å². The van der Waals surface area contributed by atoms with Crippen LogP contribution < -0.4 is 5.32 Å². The highest BCUT2D eigenvalue weighted by Crippen LogP contribution is 2.20. The van der Waals surface area contributed by atoms with E-state index >= 15 is 0 Å². The lowest BCUT2D eigenvalue weighted by Gasteiger charge is -2.22. The summed E-state index contributed by atoms with van der Waals surface area (Å²) in [5.74, 6) is 0. The van der Waals surface area contributed by atoms with E-state index in [9.17, 15) is 0 Å². The number of hydrogen-bond donors (Lipinski definition) is 1. The largest absolute Gasteiger partial charge is 0.372 e. The summed E-state index contributed by atoms with van der Waals surface area (Å²) in [5, 5.41) is 3.47. The minimum atomic E-state index is 0.388. The molecule has 0 radical (unpaired) electrons. The maximum Gasteiger partial charge on any atom is 0.0707 e. The van der Waals surface area contributed by atoms with Crippen LogP contribution in [0.5, 0.6) is 0 Å². The van der Waals surface area contributed by atoms with E-state index in [1.165, 1.54) is 24.0 Å². The van der Waals surface area contributed by atoms with Gasteiger partial charge in [0.2, 0.25) is 0 Å². The van der Waals surface area contributed by atoms with Gasteiger partial charge in [0.15, 0.2) is 0 Å². The first-order valence-electron chi connectivity index (χ1n) is 8.16. The molecule has 0 spiro atoms. The van der Waals surface area contributed by atoms with E-state index in [1.807, 2.05) is 0 Å². The van der Waals surface area contributed by atoms with Crippen LogP contribution in [-0.2, 0) is 11.3 Å². The number of likely N-dealkylation sites (N-methyl/N-ethyl adjacent to an activating group) is 1. The maximum absolute atomic E-state index is 6.14. The van der Waals surface area contributed by atoms with Gasteiger partial charge in [0, 0.05) is 25.7 Å². The van der Waals surface area contributed by atoms with Crippen molar-refractivity contribution in [1.29, 1.82) is 0 Å². The third-order valence-electron chi connectivity index (χ3n) is 4.04. The molecule has 21 heavy (non-hydrogen) atoms. The molecule has 0 amide bonds. The number of ether oxygens (including phenoxy) is 1.